The minimum Gasteiger partial charge on any atom is -0.480 e. The van der Waals surface area contributed by atoms with Gasteiger partial charge in [0.05, 0.1) is 12.6 Å². The maximum Gasteiger partial charge on any atom is 0.322 e. The minimum atomic E-state index is -1.03. The van der Waals surface area contributed by atoms with Crippen LogP contribution in [0.4, 0.5) is 0 Å². The van der Waals surface area contributed by atoms with Gasteiger partial charge in [0.15, 0.2) is 0 Å². The average Bonchev–Trinajstić information content (AvgIpc) is 3.15. The van der Waals surface area contributed by atoms with Crippen LogP contribution in [-0.4, -0.2) is 41.5 Å². The van der Waals surface area contributed by atoms with Gasteiger partial charge < -0.3 is 10.4 Å². The van der Waals surface area contributed by atoms with Gasteiger partial charge in [-0.1, -0.05) is 6.07 Å². The summed E-state index contributed by atoms with van der Waals surface area (Å²) in [6, 6.07) is 6.32. The van der Waals surface area contributed by atoms with Crippen LogP contribution in [0.3, 0.4) is 0 Å². The minimum absolute atomic E-state index is 0. The van der Waals surface area contributed by atoms with Crippen molar-refractivity contribution in [1.82, 2.24) is 10.2 Å². The second kappa shape index (κ2) is 7.92. The number of thiophene rings is 2. The summed E-state index contributed by atoms with van der Waals surface area (Å²) < 4.78 is 0. The summed E-state index contributed by atoms with van der Waals surface area (Å²) in [6.07, 6.45) is 0.932. The normalized spacial score (nSPS) is 17.1. The smallest absolute Gasteiger partial charge is 0.322 e. The van der Waals surface area contributed by atoms with E-state index in [1.807, 2.05) is 11.4 Å². The van der Waals surface area contributed by atoms with Gasteiger partial charge in [-0.25, -0.2) is 0 Å². The van der Waals surface area contributed by atoms with Crippen molar-refractivity contribution in [2.24, 2.45) is 0 Å². The Morgan fingerprint density at radius 1 is 1.30 bits per heavy atom. The number of fused-ring (bicyclic) bond motifs is 1. The molecule has 0 bridgehead atoms. The van der Waals surface area contributed by atoms with E-state index in [1.165, 1.54) is 15.3 Å². The van der Waals surface area contributed by atoms with Gasteiger partial charge >= 0.3 is 5.97 Å². The number of aliphatic carboxylic acids is 1. The van der Waals surface area contributed by atoms with Crippen molar-refractivity contribution < 1.29 is 14.7 Å². The molecule has 0 spiro atoms. The fourth-order valence-electron chi connectivity index (χ4n) is 2.73. The van der Waals surface area contributed by atoms with E-state index in [1.54, 1.807) is 22.7 Å². The van der Waals surface area contributed by atoms with Gasteiger partial charge in [-0.3, -0.25) is 14.5 Å². The second-order valence-corrected chi connectivity index (χ2v) is 7.09. The Morgan fingerprint density at radius 3 is 2.83 bits per heavy atom. The molecule has 1 aliphatic rings. The second-order valence-electron chi connectivity index (χ2n) is 5.11. The molecule has 8 heteroatoms. The van der Waals surface area contributed by atoms with E-state index in [4.69, 9.17) is 5.11 Å². The highest BCUT2D eigenvalue weighted by Crippen LogP contribution is 2.39. The Hall–Kier alpha value is -1.41. The number of rotatable bonds is 5. The lowest BCUT2D eigenvalue weighted by molar-refractivity contribution is -0.138. The molecule has 1 atom stereocenters. The third-order valence-corrected chi connectivity index (χ3v) is 5.58. The number of nitrogens with zero attached hydrogens (tertiary/aromatic N) is 1. The molecule has 0 saturated carbocycles. The zero-order valence-electron chi connectivity index (χ0n) is 12.2. The fourth-order valence-corrected chi connectivity index (χ4v) is 4.51. The zero-order chi connectivity index (χ0) is 15.5. The van der Waals surface area contributed by atoms with Crippen molar-refractivity contribution in [3.63, 3.8) is 0 Å². The summed E-state index contributed by atoms with van der Waals surface area (Å²) in [4.78, 5) is 27.2. The molecule has 1 amide bonds. The Kier molecular flexibility index (Phi) is 6.17. The maximum atomic E-state index is 12.0. The van der Waals surface area contributed by atoms with Gasteiger partial charge in [0.25, 0.3) is 0 Å². The van der Waals surface area contributed by atoms with Crippen LogP contribution < -0.4 is 5.32 Å². The molecule has 0 saturated heterocycles. The van der Waals surface area contributed by atoms with Crippen LogP contribution in [0.15, 0.2) is 29.0 Å². The van der Waals surface area contributed by atoms with E-state index in [0.29, 0.717) is 0 Å². The van der Waals surface area contributed by atoms with Crippen molar-refractivity contribution in [1.29, 1.82) is 0 Å². The van der Waals surface area contributed by atoms with Gasteiger partial charge in [0, 0.05) is 16.3 Å². The lowest BCUT2D eigenvalue weighted by Gasteiger charge is -2.34. The maximum absolute atomic E-state index is 12.0. The standard InChI is InChI=1S/C15H16N2O3S2.ClH/c18-13(16-8-14(19)20)9-17-5-3-11-10(4-7-22-11)15(17)12-2-1-6-21-12;/h1-2,4,6-7,15H,3,5,8-9H2,(H,16,18)(H,19,20);1H. The van der Waals surface area contributed by atoms with E-state index < -0.39 is 5.97 Å². The molecule has 2 aromatic heterocycles. The van der Waals surface area contributed by atoms with Crippen LogP contribution in [-0.2, 0) is 16.0 Å². The van der Waals surface area contributed by atoms with E-state index in [2.05, 4.69) is 27.7 Å². The first-order chi connectivity index (χ1) is 10.6. The quantitative estimate of drug-likeness (QED) is 0.845. The third kappa shape index (κ3) is 4.11. The summed E-state index contributed by atoms with van der Waals surface area (Å²) in [5, 5.41) is 15.2. The van der Waals surface area contributed by atoms with Gasteiger partial charge in [-0.05, 0) is 34.9 Å². The van der Waals surface area contributed by atoms with Crippen LogP contribution in [0.25, 0.3) is 0 Å². The molecule has 0 radical (unpaired) electrons. The van der Waals surface area contributed by atoms with E-state index in [0.717, 1.165) is 13.0 Å². The van der Waals surface area contributed by atoms with Crippen molar-refractivity contribution in [2.45, 2.75) is 12.5 Å². The van der Waals surface area contributed by atoms with Gasteiger partial charge in [0.1, 0.15) is 6.54 Å². The predicted molar refractivity (Wildman–Crippen MR) is 93.7 cm³/mol. The Balaban J connectivity index is 0.00000192. The number of hydrogen-bond donors (Lipinski definition) is 2. The Morgan fingerprint density at radius 2 is 2.13 bits per heavy atom. The number of hydrogen-bond acceptors (Lipinski definition) is 5. The first-order valence-electron chi connectivity index (χ1n) is 6.97. The number of nitrogens with one attached hydrogen (secondary N) is 1. The first-order valence-corrected chi connectivity index (χ1v) is 8.73. The molecule has 124 valence electrons. The number of carboxylic acids is 1. The monoisotopic (exact) mass is 372 g/mol. The highest BCUT2D eigenvalue weighted by molar-refractivity contribution is 7.10. The SMILES string of the molecule is Cl.O=C(O)CNC(=O)CN1CCc2sccc2C1c1cccs1. The average molecular weight is 373 g/mol. The lowest BCUT2D eigenvalue weighted by atomic mass is 9.98. The van der Waals surface area contributed by atoms with Crippen LogP contribution >= 0.6 is 35.1 Å². The van der Waals surface area contributed by atoms with Gasteiger partial charge in [-0.2, -0.15) is 0 Å². The number of carbonyl (C=O) groups is 2. The highest BCUT2D eigenvalue weighted by atomic mass is 35.5. The first kappa shape index (κ1) is 17.9. The number of carbonyl (C=O) groups excluding carboxylic acids is 1. The molecular formula is C15H17ClN2O3S2. The molecule has 2 aromatic rings. The summed E-state index contributed by atoms with van der Waals surface area (Å²) >= 11 is 3.44. The molecule has 2 N–H and O–H groups in total. The topological polar surface area (TPSA) is 69.6 Å². The molecule has 5 nitrogen and oxygen atoms in total. The third-order valence-electron chi connectivity index (χ3n) is 3.66. The Labute approximate surface area is 148 Å². The summed E-state index contributed by atoms with van der Waals surface area (Å²) in [6.45, 7) is 0.682. The number of halogens is 1. The molecule has 0 aliphatic carbocycles. The molecule has 23 heavy (non-hydrogen) atoms. The molecule has 1 unspecified atom stereocenters. The fraction of sp³-hybridized carbons (Fsp3) is 0.333. The molecule has 3 heterocycles. The van der Waals surface area contributed by atoms with Crippen LogP contribution in [0.2, 0.25) is 0 Å². The van der Waals surface area contributed by atoms with Crippen molar-refractivity contribution in [2.75, 3.05) is 19.6 Å². The van der Waals surface area contributed by atoms with E-state index >= 15 is 0 Å². The van der Waals surface area contributed by atoms with Gasteiger partial charge in [-0.15, -0.1) is 35.1 Å². The number of carboxylic acid groups (broad SMARTS) is 1. The van der Waals surface area contributed by atoms with Crippen molar-refractivity contribution >= 4 is 47.0 Å². The molecule has 0 fully saturated rings. The van der Waals surface area contributed by atoms with Crippen LogP contribution in [0.5, 0.6) is 0 Å². The zero-order valence-corrected chi connectivity index (χ0v) is 14.7. The van der Waals surface area contributed by atoms with Crippen LogP contribution in [0.1, 0.15) is 21.4 Å². The number of amides is 1. The van der Waals surface area contributed by atoms with Crippen LogP contribution in [0, 0.1) is 0 Å². The molecule has 0 aromatic carbocycles. The van der Waals surface area contributed by atoms with Crippen molar-refractivity contribution in [3.05, 3.63) is 44.3 Å². The van der Waals surface area contributed by atoms with E-state index in [-0.39, 0.29) is 37.4 Å². The summed E-state index contributed by atoms with van der Waals surface area (Å²) in [5.41, 5.74) is 1.27. The Bertz CT molecular complexity index is 672. The molecule has 1 aliphatic heterocycles. The van der Waals surface area contributed by atoms with Crippen molar-refractivity contribution in [3.8, 4) is 0 Å². The predicted octanol–water partition coefficient (Wildman–Crippen LogP) is 2.38. The summed E-state index contributed by atoms with van der Waals surface area (Å²) in [5.74, 6) is -1.27. The summed E-state index contributed by atoms with van der Waals surface area (Å²) in [7, 11) is 0. The highest BCUT2D eigenvalue weighted by Gasteiger charge is 2.31. The molecule has 3 rings (SSSR count). The van der Waals surface area contributed by atoms with E-state index in [9.17, 15) is 9.59 Å². The largest absolute Gasteiger partial charge is 0.480 e. The molecular weight excluding hydrogens is 356 g/mol. The van der Waals surface area contributed by atoms with Gasteiger partial charge in [0.2, 0.25) is 5.91 Å². The lowest BCUT2D eigenvalue weighted by Crippen LogP contribution is -2.43.